The summed E-state index contributed by atoms with van der Waals surface area (Å²) in [5.74, 6) is 1.59. The molecule has 0 saturated carbocycles. The van der Waals surface area contributed by atoms with Crippen molar-refractivity contribution in [2.24, 2.45) is 5.10 Å². The third kappa shape index (κ3) is 3.47. The summed E-state index contributed by atoms with van der Waals surface area (Å²) < 4.78 is 0. The Bertz CT molecular complexity index is 665. The number of nitrogens with zero attached hydrogens (tertiary/aromatic N) is 1. The van der Waals surface area contributed by atoms with Crippen molar-refractivity contribution in [2.75, 3.05) is 5.43 Å². The lowest BCUT2D eigenvalue weighted by atomic mass is 10.1. The van der Waals surface area contributed by atoms with E-state index in [9.17, 15) is 4.79 Å². The van der Waals surface area contributed by atoms with Crippen LogP contribution in [0.3, 0.4) is 0 Å². The van der Waals surface area contributed by atoms with Gasteiger partial charge in [0.05, 0.1) is 17.5 Å². The highest BCUT2D eigenvalue weighted by Crippen LogP contribution is 2.09. The molecule has 4 nitrogen and oxygen atoms in total. The molecule has 98 valence electrons. The Hall–Kier alpha value is -3.06. The molecule has 0 amide bonds. The quantitative estimate of drug-likeness (QED) is 0.507. The highest BCUT2D eigenvalue weighted by atomic mass is 16.4. The number of terminal acetylenes is 1. The van der Waals surface area contributed by atoms with Crippen LogP contribution in [0.5, 0.6) is 0 Å². The molecule has 4 heteroatoms. The van der Waals surface area contributed by atoms with E-state index >= 15 is 0 Å². The van der Waals surface area contributed by atoms with Gasteiger partial charge >= 0.3 is 5.97 Å². The van der Waals surface area contributed by atoms with Crippen LogP contribution in [0.4, 0.5) is 5.69 Å². The Labute approximate surface area is 116 Å². The lowest BCUT2D eigenvalue weighted by Crippen LogP contribution is -1.96. The minimum absolute atomic E-state index is 0.240. The number of aromatic carboxylic acids is 1. The number of anilines is 1. The first-order chi connectivity index (χ1) is 9.69. The fraction of sp³-hybridized carbons (Fsp3) is 0. The van der Waals surface area contributed by atoms with Gasteiger partial charge in [-0.25, -0.2) is 4.79 Å². The van der Waals surface area contributed by atoms with Gasteiger partial charge < -0.3 is 5.11 Å². The predicted molar refractivity (Wildman–Crippen MR) is 79.0 cm³/mol. The van der Waals surface area contributed by atoms with E-state index in [1.54, 1.807) is 18.3 Å². The van der Waals surface area contributed by atoms with E-state index in [4.69, 9.17) is 11.5 Å². The molecular formula is C16H12N2O2. The highest BCUT2D eigenvalue weighted by molar-refractivity contribution is 5.88. The molecule has 20 heavy (non-hydrogen) atoms. The summed E-state index contributed by atoms with van der Waals surface area (Å²) in [4.78, 5) is 10.7. The first-order valence-corrected chi connectivity index (χ1v) is 5.88. The van der Waals surface area contributed by atoms with Gasteiger partial charge in [0.25, 0.3) is 0 Å². The summed E-state index contributed by atoms with van der Waals surface area (Å²) in [5, 5.41) is 12.8. The number of hydrogen-bond acceptors (Lipinski definition) is 3. The first-order valence-electron chi connectivity index (χ1n) is 5.88. The summed E-state index contributed by atoms with van der Waals surface area (Å²) in [6.07, 6.45) is 6.93. The number of carboxylic acid groups (broad SMARTS) is 1. The summed E-state index contributed by atoms with van der Waals surface area (Å²) in [7, 11) is 0. The van der Waals surface area contributed by atoms with E-state index in [0.29, 0.717) is 5.69 Å². The molecular weight excluding hydrogens is 252 g/mol. The van der Waals surface area contributed by atoms with Crippen molar-refractivity contribution >= 4 is 17.9 Å². The minimum Gasteiger partial charge on any atom is -0.478 e. The van der Waals surface area contributed by atoms with Gasteiger partial charge in [-0.05, 0) is 42.0 Å². The summed E-state index contributed by atoms with van der Waals surface area (Å²) >= 11 is 0. The highest BCUT2D eigenvalue weighted by Gasteiger charge is 2.00. The van der Waals surface area contributed by atoms with Crippen LogP contribution >= 0.6 is 0 Å². The van der Waals surface area contributed by atoms with Crippen LogP contribution in [0.1, 0.15) is 21.5 Å². The molecule has 0 heterocycles. The van der Waals surface area contributed by atoms with Crippen LogP contribution in [-0.4, -0.2) is 17.3 Å². The Morgan fingerprint density at radius 3 is 2.35 bits per heavy atom. The summed E-state index contributed by atoms with van der Waals surface area (Å²) in [6.45, 7) is 0. The number of hydrogen-bond donors (Lipinski definition) is 2. The zero-order chi connectivity index (χ0) is 14.4. The van der Waals surface area contributed by atoms with Crippen LogP contribution in [-0.2, 0) is 0 Å². The van der Waals surface area contributed by atoms with Crippen molar-refractivity contribution in [3.05, 3.63) is 65.2 Å². The first kappa shape index (κ1) is 13.4. The summed E-state index contributed by atoms with van der Waals surface area (Å²) in [5.41, 5.74) is 5.51. The average Bonchev–Trinajstić information content (AvgIpc) is 2.48. The third-order valence-corrected chi connectivity index (χ3v) is 2.62. The molecule has 2 aromatic rings. The van der Waals surface area contributed by atoms with Crippen LogP contribution in [0.25, 0.3) is 0 Å². The van der Waals surface area contributed by atoms with Crippen LogP contribution in [0.15, 0.2) is 53.6 Å². The molecule has 0 bridgehead atoms. The molecule has 0 radical (unpaired) electrons. The monoisotopic (exact) mass is 264 g/mol. The fourth-order valence-electron chi connectivity index (χ4n) is 1.53. The van der Waals surface area contributed by atoms with Gasteiger partial charge in [0.2, 0.25) is 0 Å². The van der Waals surface area contributed by atoms with Crippen LogP contribution in [0, 0.1) is 12.3 Å². The van der Waals surface area contributed by atoms with E-state index < -0.39 is 5.97 Å². The predicted octanol–water partition coefficient (Wildman–Crippen LogP) is 2.81. The largest absolute Gasteiger partial charge is 0.478 e. The second-order valence-corrected chi connectivity index (χ2v) is 4.02. The number of benzene rings is 2. The molecule has 0 aliphatic carbocycles. The molecule has 2 aromatic carbocycles. The molecule has 0 spiro atoms. The van der Waals surface area contributed by atoms with Crippen molar-refractivity contribution in [1.29, 1.82) is 0 Å². The van der Waals surface area contributed by atoms with Crippen molar-refractivity contribution in [3.63, 3.8) is 0 Å². The molecule has 2 rings (SSSR count). The molecule has 0 aliphatic heterocycles. The van der Waals surface area contributed by atoms with Gasteiger partial charge in [-0.15, -0.1) is 6.42 Å². The lowest BCUT2D eigenvalue weighted by Gasteiger charge is -2.00. The van der Waals surface area contributed by atoms with Gasteiger partial charge in [0.15, 0.2) is 0 Å². The molecule has 0 saturated heterocycles. The van der Waals surface area contributed by atoms with Gasteiger partial charge in [-0.3, -0.25) is 5.43 Å². The normalized spacial score (nSPS) is 10.2. The average molecular weight is 264 g/mol. The minimum atomic E-state index is -0.950. The van der Waals surface area contributed by atoms with E-state index in [1.807, 2.05) is 24.3 Å². The zero-order valence-electron chi connectivity index (χ0n) is 10.6. The SMILES string of the molecule is C#Cc1ccc(C=NNc2ccc(C(=O)O)cc2)cc1. The van der Waals surface area contributed by atoms with E-state index in [2.05, 4.69) is 16.4 Å². The van der Waals surface area contributed by atoms with Crippen molar-refractivity contribution < 1.29 is 9.90 Å². The van der Waals surface area contributed by atoms with Crippen molar-refractivity contribution in [2.45, 2.75) is 0 Å². The fourth-order valence-corrected chi connectivity index (χ4v) is 1.53. The number of carboxylic acids is 1. The standard InChI is InChI=1S/C16H12N2O2/c1-2-12-3-5-13(6-4-12)11-17-18-15-9-7-14(8-10-15)16(19)20/h1,3-11,18H,(H,19,20). The van der Waals surface area contributed by atoms with Gasteiger partial charge in [0, 0.05) is 5.56 Å². The van der Waals surface area contributed by atoms with E-state index in [-0.39, 0.29) is 5.56 Å². The maximum atomic E-state index is 10.7. The second kappa shape index (κ2) is 6.21. The number of hydrazone groups is 1. The maximum absolute atomic E-state index is 10.7. The van der Waals surface area contributed by atoms with E-state index in [0.717, 1.165) is 11.1 Å². The smallest absolute Gasteiger partial charge is 0.335 e. The second-order valence-electron chi connectivity index (χ2n) is 4.02. The van der Waals surface area contributed by atoms with Gasteiger partial charge in [0.1, 0.15) is 0 Å². The van der Waals surface area contributed by atoms with Crippen molar-refractivity contribution in [1.82, 2.24) is 0 Å². The molecule has 0 unspecified atom stereocenters. The molecule has 2 N–H and O–H groups in total. The van der Waals surface area contributed by atoms with Gasteiger partial charge in [-0.2, -0.15) is 5.10 Å². The van der Waals surface area contributed by atoms with Gasteiger partial charge in [-0.1, -0.05) is 18.1 Å². The molecule has 0 atom stereocenters. The van der Waals surface area contributed by atoms with E-state index in [1.165, 1.54) is 12.1 Å². The third-order valence-electron chi connectivity index (χ3n) is 2.62. The Balaban J connectivity index is 1.98. The lowest BCUT2D eigenvalue weighted by molar-refractivity contribution is 0.0697. The van der Waals surface area contributed by atoms with Crippen LogP contribution in [0.2, 0.25) is 0 Å². The molecule has 0 aromatic heterocycles. The number of carbonyl (C=O) groups is 1. The molecule has 0 fully saturated rings. The molecule has 0 aliphatic rings. The topological polar surface area (TPSA) is 61.7 Å². The Kier molecular flexibility index (Phi) is 4.15. The summed E-state index contributed by atoms with van der Waals surface area (Å²) in [6, 6.07) is 13.8. The van der Waals surface area contributed by atoms with Crippen LogP contribution < -0.4 is 5.43 Å². The van der Waals surface area contributed by atoms with Crippen molar-refractivity contribution in [3.8, 4) is 12.3 Å². The zero-order valence-corrected chi connectivity index (χ0v) is 10.6. The number of rotatable bonds is 4. The Morgan fingerprint density at radius 2 is 1.80 bits per heavy atom. The Morgan fingerprint density at radius 1 is 1.15 bits per heavy atom. The maximum Gasteiger partial charge on any atom is 0.335 e. The number of nitrogens with one attached hydrogen (secondary N) is 1.